The van der Waals surface area contributed by atoms with E-state index in [0.717, 1.165) is 25.7 Å². The average molecular weight is 380 g/mol. The molecule has 6 N–H and O–H groups in total. The normalized spacial score (nSPS) is 33.0. The van der Waals surface area contributed by atoms with Crippen molar-refractivity contribution in [2.75, 3.05) is 6.61 Å². The van der Waals surface area contributed by atoms with Gasteiger partial charge in [-0.2, -0.15) is 0 Å². The van der Waals surface area contributed by atoms with E-state index in [9.17, 15) is 25.5 Å². The summed E-state index contributed by atoms with van der Waals surface area (Å²) in [6.07, 6.45) is -2.06. The first-order valence-corrected chi connectivity index (χ1v) is 9.58. The van der Waals surface area contributed by atoms with Gasteiger partial charge in [0.05, 0.1) is 24.9 Å². The number of aliphatic hydroxyl groups excluding tert-OH is 6. The van der Waals surface area contributed by atoms with Gasteiger partial charge >= 0.3 is 0 Å². The van der Waals surface area contributed by atoms with Crippen molar-refractivity contribution in [2.24, 2.45) is 0 Å². The molecule has 0 bridgehead atoms. The predicted molar refractivity (Wildman–Crippen MR) is 94.3 cm³/mol. The van der Waals surface area contributed by atoms with Gasteiger partial charge in [0.1, 0.15) is 24.4 Å². The van der Waals surface area contributed by atoms with Crippen molar-refractivity contribution < 1.29 is 40.1 Å². The lowest BCUT2D eigenvalue weighted by molar-refractivity contribution is -0.310. The Kier molecular flexibility index (Phi) is 11.1. The lowest BCUT2D eigenvalue weighted by atomic mass is 9.99. The smallest absolute Gasteiger partial charge is 0.186 e. The van der Waals surface area contributed by atoms with Crippen LogP contribution >= 0.6 is 0 Å². The highest BCUT2D eigenvalue weighted by atomic mass is 16.7. The Labute approximate surface area is 155 Å². The second-order valence-electron chi connectivity index (χ2n) is 7.36. The summed E-state index contributed by atoms with van der Waals surface area (Å²) in [6.45, 7) is 3.07. The SMILES string of the molecule is CC(O)CCCCC(O)CCCC(C)O[C@@H]1O[C@H](CO)[C@@H](O)[C@H](O)[C@H]1O. The average Bonchev–Trinajstić information content (AvgIpc) is 2.59. The maximum atomic E-state index is 9.96. The standard InChI is InChI=1S/C18H36O8/c1-11(20)6-3-4-8-13(21)9-5-7-12(2)25-18-17(24)16(23)15(22)14(10-19)26-18/h11-24H,3-10H2,1-2H3/t11?,12?,13?,14-,15-,16+,17-,18-/m1/s1. The van der Waals surface area contributed by atoms with Gasteiger partial charge in [-0.05, 0) is 46.0 Å². The molecule has 1 aliphatic rings. The summed E-state index contributed by atoms with van der Waals surface area (Å²) in [5, 5.41) is 57.7. The van der Waals surface area contributed by atoms with Crippen LogP contribution in [-0.4, -0.2) is 86.3 Å². The predicted octanol–water partition coefficient (Wildman–Crippen LogP) is -0.336. The molecule has 0 aliphatic carbocycles. The van der Waals surface area contributed by atoms with Gasteiger partial charge in [-0.3, -0.25) is 0 Å². The molecule has 0 aromatic carbocycles. The van der Waals surface area contributed by atoms with E-state index in [2.05, 4.69) is 0 Å². The summed E-state index contributed by atoms with van der Waals surface area (Å²) in [5.41, 5.74) is 0. The molecule has 0 spiro atoms. The zero-order chi connectivity index (χ0) is 19.7. The zero-order valence-corrected chi connectivity index (χ0v) is 15.8. The van der Waals surface area contributed by atoms with Crippen molar-refractivity contribution in [3.05, 3.63) is 0 Å². The first-order valence-electron chi connectivity index (χ1n) is 9.58. The molecule has 8 heteroatoms. The number of aliphatic hydroxyl groups is 6. The van der Waals surface area contributed by atoms with Gasteiger partial charge in [0.15, 0.2) is 6.29 Å². The Morgan fingerprint density at radius 1 is 0.846 bits per heavy atom. The van der Waals surface area contributed by atoms with Crippen molar-refractivity contribution in [1.82, 2.24) is 0 Å². The number of ether oxygens (including phenoxy) is 2. The minimum Gasteiger partial charge on any atom is -0.394 e. The molecular weight excluding hydrogens is 344 g/mol. The van der Waals surface area contributed by atoms with E-state index < -0.39 is 37.3 Å². The first kappa shape index (κ1) is 23.7. The molecule has 26 heavy (non-hydrogen) atoms. The Hall–Kier alpha value is -0.320. The van der Waals surface area contributed by atoms with E-state index in [4.69, 9.17) is 14.6 Å². The van der Waals surface area contributed by atoms with Gasteiger partial charge in [0.25, 0.3) is 0 Å². The van der Waals surface area contributed by atoms with Gasteiger partial charge in [-0.1, -0.05) is 12.8 Å². The second kappa shape index (κ2) is 12.2. The number of unbranched alkanes of at least 4 members (excludes halogenated alkanes) is 1. The summed E-state index contributed by atoms with van der Waals surface area (Å²) in [4.78, 5) is 0. The quantitative estimate of drug-likeness (QED) is 0.253. The molecule has 1 aliphatic heterocycles. The molecule has 156 valence electrons. The molecule has 3 unspecified atom stereocenters. The molecule has 1 fully saturated rings. The molecule has 0 aromatic heterocycles. The minimum atomic E-state index is -1.44. The summed E-state index contributed by atoms with van der Waals surface area (Å²) in [7, 11) is 0. The van der Waals surface area contributed by atoms with Crippen LogP contribution in [0.5, 0.6) is 0 Å². The fourth-order valence-corrected chi connectivity index (χ4v) is 3.08. The van der Waals surface area contributed by atoms with Gasteiger partial charge < -0.3 is 40.1 Å². The van der Waals surface area contributed by atoms with Crippen LogP contribution in [0, 0.1) is 0 Å². The molecule has 0 saturated carbocycles. The van der Waals surface area contributed by atoms with Crippen LogP contribution in [0.2, 0.25) is 0 Å². The molecule has 0 radical (unpaired) electrons. The van der Waals surface area contributed by atoms with Crippen molar-refractivity contribution >= 4 is 0 Å². The van der Waals surface area contributed by atoms with Gasteiger partial charge in [-0.15, -0.1) is 0 Å². The third kappa shape index (κ3) is 8.14. The van der Waals surface area contributed by atoms with E-state index in [1.807, 2.05) is 0 Å². The minimum absolute atomic E-state index is 0.279. The summed E-state index contributed by atoms with van der Waals surface area (Å²) < 4.78 is 10.9. The van der Waals surface area contributed by atoms with Gasteiger partial charge in [0.2, 0.25) is 0 Å². The summed E-state index contributed by atoms with van der Waals surface area (Å²) >= 11 is 0. The van der Waals surface area contributed by atoms with E-state index in [0.29, 0.717) is 19.3 Å². The number of hydrogen-bond acceptors (Lipinski definition) is 8. The second-order valence-corrected chi connectivity index (χ2v) is 7.36. The van der Waals surface area contributed by atoms with Crippen molar-refractivity contribution in [1.29, 1.82) is 0 Å². The van der Waals surface area contributed by atoms with Gasteiger partial charge in [-0.25, -0.2) is 0 Å². The molecule has 0 aromatic rings. The maximum Gasteiger partial charge on any atom is 0.186 e. The van der Waals surface area contributed by atoms with Crippen LogP contribution < -0.4 is 0 Å². The Morgan fingerprint density at radius 2 is 1.46 bits per heavy atom. The van der Waals surface area contributed by atoms with Crippen LogP contribution in [0.1, 0.15) is 58.8 Å². The molecule has 8 atom stereocenters. The van der Waals surface area contributed by atoms with E-state index in [-0.39, 0.29) is 18.3 Å². The number of hydrogen-bond donors (Lipinski definition) is 6. The molecule has 8 nitrogen and oxygen atoms in total. The summed E-state index contributed by atoms with van der Waals surface area (Å²) in [5.74, 6) is 0. The number of rotatable bonds is 12. The molecule has 1 rings (SSSR count). The Morgan fingerprint density at radius 3 is 2.08 bits per heavy atom. The van der Waals surface area contributed by atoms with Crippen molar-refractivity contribution in [3.63, 3.8) is 0 Å². The zero-order valence-electron chi connectivity index (χ0n) is 15.8. The lowest BCUT2D eigenvalue weighted by Gasteiger charge is -2.40. The topological polar surface area (TPSA) is 140 Å². The third-order valence-corrected chi connectivity index (χ3v) is 4.77. The fourth-order valence-electron chi connectivity index (χ4n) is 3.08. The van der Waals surface area contributed by atoms with Crippen LogP contribution in [0.25, 0.3) is 0 Å². The van der Waals surface area contributed by atoms with Gasteiger partial charge in [0, 0.05) is 0 Å². The van der Waals surface area contributed by atoms with Crippen LogP contribution in [0.3, 0.4) is 0 Å². The van der Waals surface area contributed by atoms with Crippen LogP contribution in [0.4, 0.5) is 0 Å². The highest BCUT2D eigenvalue weighted by Crippen LogP contribution is 2.24. The fraction of sp³-hybridized carbons (Fsp3) is 1.00. The third-order valence-electron chi connectivity index (χ3n) is 4.77. The summed E-state index contributed by atoms with van der Waals surface area (Å²) in [6, 6.07) is 0. The largest absolute Gasteiger partial charge is 0.394 e. The highest BCUT2D eigenvalue weighted by molar-refractivity contribution is 4.89. The monoisotopic (exact) mass is 380 g/mol. The van der Waals surface area contributed by atoms with Crippen molar-refractivity contribution in [3.8, 4) is 0 Å². The first-order chi connectivity index (χ1) is 12.3. The Bertz CT molecular complexity index is 365. The highest BCUT2D eigenvalue weighted by Gasteiger charge is 2.44. The maximum absolute atomic E-state index is 9.96. The van der Waals surface area contributed by atoms with Crippen molar-refractivity contribution in [2.45, 2.75) is 108 Å². The molecular formula is C18H36O8. The lowest BCUT2D eigenvalue weighted by Crippen LogP contribution is -2.59. The molecule has 1 heterocycles. The molecule has 1 saturated heterocycles. The molecule has 0 amide bonds. The van der Waals surface area contributed by atoms with E-state index in [1.165, 1.54) is 0 Å². The van der Waals surface area contributed by atoms with E-state index in [1.54, 1.807) is 13.8 Å². The van der Waals surface area contributed by atoms with Crippen LogP contribution in [-0.2, 0) is 9.47 Å². The van der Waals surface area contributed by atoms with E-state index >= 15 is 0 Å². The van der Waals surface area contributed by atoms with Crippen LogP contribution in [0.15, 0.2) is 0 Å². The Balaban J connectivity index is 2.24.